The number of amides is 1. The van der Waals surface area contributed by atoms with E-state index in [1.165, 1.54) is 18.2 Å². The van der Waals surface area contributed by atoms with Gasteiger partial charge in [-0.1, -0.05) is 42.5 Å². The van der Waals surface area contributed by atoms with Gasteiger partial charge in [0.05, 0.1) is 4.90 Å². The first-order valence-corrected chi connectivity index (χ1v) is 12.4. The molecule has 0 aliphatic heterocycles. The molecule has 0 aliphatic carbocycles. The number of hydrogen-bond acceptors (Lipinski definition) is 3. The van der Waals surface area contributed by atoms with E-state index in [-0.39, 0.29) is 10.8 Å². The predicted octanol–water partition coefficient (Wildman–Crippen LogP) is 5.87. The monoisotopic (exact) mass is 469 g/mol. The van der Waals surface area contributed by atoms with Crippen LogP contribution in [0.25, 0.3) is 21.8 Å². The molecule has 0 spiro atoms. The van der Waals surface area contributed by atoms with Gasteiger partial charge in [0.2, 0.25) is 0 Å². The zero-order valence-electron chi connectivity index (χ0n) is 18.5. The van der Waals surface area contributed by atoms with Crippen LogP contribution in [0.4, 0.5) is 11.4 Å². The lowest BCUT2D eigenvalue weighted by Gasteiger charge is -2.10. The smallest absolute Gasteiger partial charge is 0.261 e. The first kappa shape index (κ1) is 21.7. The highest BCUT2D eigenvalue weighted by Gasteiger charge is 2.15. The van der Waals surface area contributed by atoms with Crippen LogP contribution in [0.2, 0.25) is 0 Å². The minimum absolute atomic E-state index is 0.157. The van der Waals surface area contributed by atoms with Crippen LogP contribution in [-0.4, -0.2) is 18.9 Å². The van der Waals surface area contributed by atoms with Gasteiger partial charge in [0.15, 0.2) is 0 Å². The minimum atomic E-state index is -3.74. The SMILES string of the molecule is CCn1c2ccccc2c2cc(NC(=O)c3cccc(NS(=O)(=O)c4ccccc4)c3)ccc21. The summed E-state index contributed by atoms with van der Waals surface area (Å²) in [6, 6.07) is 28.6. The van der Waals surface area contributed by atoms with Crippen molar-refractivity contribution in [3.8, 4) is 0 Å². The van der Waals surface area contributed by atoms with Gasteiger partial charge in [0, 0.05) is 45.3 Å². The Kier molecular flexibility index (Phi) is 5.55. The summed E-state index contributed by atoms with van der Waals surface area (Å²) < 4.78 is 30.0. The fourth-order valence-corrected chi connectivity index (χ4v) is 5.28. The Labute approximate surface area is 197 Å². The summed E-state index contributed by atoms with van der Waals surface area (Å²) in [5, 5.41) is 5.14. The van der Waals surface area contributed by atoms with Crippen LogP contribution in [-0.2, 0) is 16.6 Å². The van der Waals surface area contributed by atoms with Crippen molar-refractivity contribution in [3.05, 3.63) is 103 Å². The number of benzene rings is 4. The van der Waals surface area contributed by atoms with Gasteiger partial charge in [-0.15, -0.1) is 0 Å². The molecule has 7 heteroatoms. The van der Waals surface area contributed by atoms with Gasteiger partial charge in [-0.05, 0) is 61.5 Å². The molecule has 0 atom stereocenters. The standard InChI is InChI=1S/C27H23N3O3S/c1-2-30-25-14-7-6-13-23(25)24-18-20(15-16-26(24)30)28-27(31)19-9-8-10-21(17-19)29-34(32,33)22-11-4-3-5-12-22/h3-18,29H,2H2,1H3,(H,28,31). The Morgan fingerprint density at radius 3 is 2.29 bits per heavy atom. The number of nitrogens with one attached hydrogen (secondary N) is 2. The second-order valence-electron chi connectivity index (χ2n) is 7.95. The van der Waals surface area contributed by atoms with Crippen molar-refractivity contribution in [3.63, 3.8) is 0 Å². The zero-order chi connectivity index (χ0) is 23.7. The lowest BCUT2D eigenvalue weighted by atomic mass is 10.1. The molecule has 0 aliphatic rings. The number of aromatic nitrogens is 1. The first-order chi connectivity index (χ1) is 16.5. The maximum absolute atomic E-state index is 13.0. The van der Waals surface area contributed by atoms with E-state index in [0.717, 1.165) is 28.4 Å². The third-order valence-electron chi connectivity index (χ3n) is 5.78. The highest BCUT2D eigenvalue weighted by molar-refractivity contribution is 7.92. The largest absolute Gasteiger partial charge is 0.341 e. The number of hydrogen-bond donors (Lipinski definition) is 2. The van der Waals surface area contributed by atoms with Crippen molar-refractivity contribution in [2.45, 2.75) is 18.4 Å². The molecule has 0 saturated heterocycles. The summed E-state index contributed by atoms with van der Waals surface area (Å²) in [7, 11) is -3.74. The molecule has 0 radical (unpaired) electrons. The summed E-state index contributed by atoms with van der Waals surface area (Å²) in [5.41, 5.74) is 3.61. The van der Waals surface area contributed by atoms with E-state index in [1.54, 1.807) is 36.4 Å². The second kappa shape index (κ2) is 8.68. The number of aryl methyl sites for hydroxylation is 1. The topological polar surface area (TPSA) is 80.2 Å². The van der Waals surface area contributed by atoms with Crippen LogP contribution in [0.1, 0.15) is 17.3 Å². The Hall–Kier alpha value is -4.10. The highest BCUT2D eigenvalue weighted by Crippen LogP contribution is 2.31. The molecule has 5 aromatic rings. The van der Waals surface area contributed by atoms with Crippen molar-refractivity contribution in [2.75, 3.05) is 10.0 Å². The van der Waals surface area contributed by atoms with Crippen molar-refractivity contribution in [2.24, 2.45) is 0 Å². The summed E-state index contributed by atoms with van der Waals surface area (Å²) in [6.45, 7) is 2.96. The summed E-state index contributed by atoms with van der Waals surface area (Å²) in [6.07, 6.45) is 0. The molecule has 34 heavy (non-hydrogen) atoms. The van der Waals surface area contributed by atoms with Gasteiger partial charge < -0.3 is 9.88 Å². The number of sulfonamides is 1. The number of fused-ring (bicyclic) bond motifs is 3. The second-order valence-corrected chi connectivity index (χ2v) is 9.63. The highest BCUT2D eigenvalue weighted by atomic mass is 32.2. The molecule has 4 aromatic carbocycles. The van der Waals surface area contributed by atoms with Crippen molar-refractivity contribution in [1.82, 2.24) is 4.57 Å². The number of rotatable bonds is 6. The quantitative estimate of drug-likeness (QED) is 0.326. The van der Waals surface area contributed by atoms with Gasteiger partial charge >= 0.3 is 0 Å². The summed E-state index contributed by atoms with van der Waals surface area (Å²) in [4.78, 5) is 13.1. The third kappa shape index (κ3) is 4.02. The van der Waals surface area contributed by atoms with E-state index in [9.17, 15) is 13.2 Å². The number of anilines is 2. The van der Waals surface area contributed by atoms with Crippen LogP contribution in [0.3, 0.4) is 0 Å². The summed E-state index contributed by atoms with van der Waals surface area (Å²) in [5.74, 6) is -0.320. The van der Waals surface area contributed by atoms with E-state index in [4.69, 9.17) is 0 Å². The molecular weight excluding hydrogens is 446 g/mol. The van der Waals surface area contributed by atoms with Gasteiger partial charge in [-0.2, -0.15) is 0 Å². The van der Waals surface area contributed by atoms with Gasteiger partial charge in [-0.25, -0.2) is 8.42 Å². The Morgan fingerprint density at radius 1 is 0.765 bits per heavy atom. The van der Waals surface area contributed by atoms with E-state index >= 15 is 0 Å². The Balaban J connectivity index is 1.41. The summed E-state index contributed by atoms with van der Waals surface area (Å²) >= 11 is 0. The zero-order valence-corrected chi connectivity index (χ0v) is 19.3. The van der Waals surface area contributed by atoms with Crippen LogP contribution < -0.4 is 10.0 Å². The predicted molar refractivity (Wildman–Crippen MR) is 137 cm³/mol. The molecule has 6 nitrogen and oxygen atoms in total. The van der Waals surface area contributed by atoms with Crippen LogP contribution in [0.5, 0.6) is 0 Å². The molecule has 2 N–H and O–H groups in total. The van der Waals surface area contributed by atoms with Gasteiger partial charge in [-0.3, -0.25) is 9.52 Å². The van der Waals surface area contributed by atoms with Gasteiger partial charge in [0.1, 0.15) is 0 Å². The average molecular weight is 470 g/mol. The molecule has 1 aromatic heterocycles. The first-order valence-electron chi connectivity index (χ1n) is 11.0. The molecule has 0 fully saturated rings. The average Bonchev–Trinajstić information content (AvgIpc) is 3.17. The molecule has 5 rings (SSSR count). The minimum Gasteiger partial charge on any atom is -0.341 e. The molecule has 0 unspecified atom stereocenters. The molecule has 170 valence electrons. The lowest BCUT2D eigenvalue weighted by molar-refractivity contribution is 0.102. The number of nitrogens with zero attached hydrogens (tertiary/aromatic N) is 1. The van der Waals surface area contributed by atoms with Crippen LogP contribution in [0, 0.1) is 0 Å². The molecule has 0 bridgehead atoms. The Morgan fingerprint density at radius 2 is 1.50 bits per heavy atom. The van der Waals surface area contributed by atoms with Crippen LogP contribution >= 0.6 is 0 Å². The number of carbonyl (C=O) groups excluding carboxylic acids is 1. The fourth-order valence-electron chi connectivity index (χ4n) is 4.21. The van der Waals surface area contributed by atoms with E-state index < -0.39 is 10.0 Å². The van der Waals surface area contributed by atoms with Crippen molar-refractivity contribution in [1.29, 1.82) is 0 Å². The maximum atomic E-state index is 13.0. The van der Waals surface area contributed by atoms with Crippen LogP contribution in [0.15, 0.2) is 102 Å². The molecular formula is C27H23N3O3S. The normalized spacial score (nSPS) is 11.6. The maximum Gasteiger partial charge on any atom is 0.261 e. The lowest BCUT2D eigenvalue weighted by Crippen LogP contribution is -2.15. The van der Waals surface area contributed by atoms with E-state index in [2.05, 4.69) is 33.7 Å². The third-order valence-corrected chi connectivity index (χ3v) is 7.17. The van der Waals surface area contributed by atoms with Crippen molar-refractivity contribution < 1.29 is 13.2 Å². The Bertz CT molecular complexity index is 1620. The van der Waals surface area contributed by atoms with E-state index in [1.807, 2.05) is 30.3 Å². The van der Waals surface area contributed by atoms with E-state index in [0.29, 0.717) is 16.9 Å². The number of para-hydroxylation sites is 1. The molecule has 1 amide bonds. The van der Waals surface area contributed by atoms with Gasteiger partial charge in [0.25, 0.3) is 15.9 Å². The van der Waals surface area contributed by atoms with Crippen molar-refractivity contribution >= 4 is 49.1 Å². The number of carbonyl (C=O) groups is 1. The molecule has 1 heterocycles. The fraction of sp³-hybridized carbons (Fsp3) is 0.0741. The molecule has 0 saturated carbocycles.